The van der Waals surface area contributed by atoms with Crippen molar-refractivity contribution in [1.29, 1.82) is 0 Å². The molecule has 0 spiro atoms. The zero-order valence-corrected chi connectivity index (χ0v) is 22.1. The van der Waals surface area contributed by atoms with E-state index in [0.717, 1.165) is 22.6 Å². The maximum absolute atomic E-state index is 13.5. The van der Waals surface area contributed by atoms with Crippen molar-refractivity contribution in [2.45, 2.75) is 30.3 Å². The summed E-state index contributed by atoms with van der Waals surface area (Å²) in [5.74, 6) is 0.375. The Morgan fingerprint density at radius 3 is 2.45 bits per heavy atom. The van der Waals surface area contributed by atoms with Gasteiger partial charge in [-0.2, -0.15) is 0 Å². The fourth-order valence-electron chi connectivity index (χ4n) is 3.93. The van der Waals surface area contributed by atoms with Crippen LogP contribution in [0, 0.1) is 0 Å². The van der Waals surface area contributed by atoms with Gasteiger partial charge in [-0.25, -0.2) is 4.79 Å². The average Bonchev–Trinajstić information content (AvgIpc) is 3.62. The molecular formula is C26H27N4O6S2-. The number of hydrogen-bond donors (Lipinski definition) is 4. The van der Waals surface area contributed by atoms with Gasteiger partial charge in [-0.1, -0.05) is 54.2 Å². The molecule has 0 fully saturated rings. The third-order valence-corrected chi connectivity index (χ3v) is 7.21. The number of alkyl carbamates (subject to hydrolysis) is 1. The summed E-state index contributed by atoms with van der Waals surface area (Å²) in [4.78, 5) is 25.5. The second-order valence-corrected chi connectivity index (χ2v) is 10.1. The lowest BCUT2D eigenvalue weighted by Crippen LogP contribution is -2.52. The van der Waals surface area contributed by atoms with E-state index in [2.05, 4.69) is 20.7 Å². The van der Waals surface area contributed by atoms with Crippen LogP contribution in [-0.2, 0) is 33.6 Å². The minimum Gasteiger partial charge on any atom is -0.755 e. The zero-order valence-electron chi connectivity index (χ0n) is 20.4. The maximum Gasteiger partial charge on any atom is 0.407 e. The molecule has 12 heteroatoms. The fourth-order valence-corrected chi connectivity index (χ4v) is 5.25. The predicted molar refractivity (Wildman–Crippen MR) is 144 cm³/mol. The van der Waals surface area contributed by atoms with Crippen molar-refractivity contribution in [2.75, 3.05) is 11.8 Å². The minimum absolute atomic E-state index is 0.147. The number of amides is 2. The van der Waals surface area contributed by atoms with Crippen LogP contribution in [0.3, 0.4) is 0 Å². The first kappa shape index (κ1) is 27.3. The second-order valence-electron chi connectivity index (χ2n) is 8.43. The molecule has 4 rings (SSSR count). The second kappa shape index (κ2) is 13.2. The Hall–Kier alpha value is -3.74. The highest BCUT2D eigenvalue weighted by atomic mass is 32.2. The van der Waals surface area contributed by atoms with Crippen LogP contribution in [-0.4, -0.2) is 40.0 Å². The van der Waals surface area contributed by atoms with Crippen molar-refractivity contribution >= 4 is 40.7 Å². The number of carbonyl (C=O) groups excluding carboxylic acids is 2. The Balaban J connectivity index is 1.53. The Labute approximate surface area is 227 Å². The van der Waals surface area contributed by atoms with Crippen molar-refractivity contribution in [3.63, 3.8) is 0 Å². The summed E-state index contributed by atoms with van der Waals surface area (Å²) in [6.07, 6.45) is 1.58. The van der Waals surface area contributed by atoms with Gasteiger partial charge in [0.05, 0.1) is 19.4 Å². The van der Waals surface area contributed by atoms with E-state index in [1.54, 1.807) is 30.5 Å². The molecule has 200 valence electrons. The van der Waals surface area contributed by atoms with E-state index < -0.39 is 29.4 Å². The molecule has 0 bridgehead atoms. The van der Waals surface area contributed by atoms with Gasteiger partial charge in [-0.15, -0.1) is 0 Å². The van der Waals surface area contributed by atoms with Crippen molar-refractivity contribution in [3.05, 3.63) is 101 Å². The Kier molecular flexibility index (Phi) is 9.46. The van der Waals surface area contributed by atoms with E-state index in [1.165, 1.54) is 18.9 Å². The lowest BCUT2D eigenvalue weighted by molar-refractivity contribution is -0.123. The summed E-state index contributed by atoms with van der Waals surface area (Å²) in [7, 11) is 1.25. The quantitative estimate of drug-likeness (QED) is 0.264. The first-order valence-electron chi connectivity index (χ1n) is 11.7. The summed E-state index contributed by atoms with van der Waals surface area (Å²) < 4.78 is 34.4. The molecule has 2 unspecified atom stereocenters. The van der Waals surface area contributed by atoms with Crippen LogP contribution in [0.25, 0.3) is 0 Å². The van der Waals surface area contributed by atoms with Crippen molar-refractivity contribution in [2.24, 2.45) is 0 Å². The van der Waals surface area contributed by atoms with Gasteiger partial charge in [0.15, 0.2) is 0 Å². The number of carbonyl (C=O) groups is 2. The molecule has 4 N–H and O–H groups in total. The summed E-state index contributed by atoms with van der Waals surface area (Å²) in [5, 5.41) is 10.9. The van der Waals surface area contributed by atoms with Crippen LogP contribution in [0.1, 0.15) is 22.3 Å². The van der Waals surface area contributed by atoms with Crippen LogP contribution in [0.2, 0.25) is 0 Å². The number of anilines is 1. The molecule has 2 heterocycles. The molecule has 2 amide bonds. The van der Waals surface area contributed by atoms with Crippen molar-refractivity contribution in [1.82, 2.24) is 16.0 Å². The molecule has 38 heavy (non-hydrogen) atoms. The standard InChI is InChI=1S/C26H28N4O6S2/c1-35-26(32)29-21(15-17-6-3-2-4-7-17)24(31)27-20(14-18-9-11-19(12-10-18)30-38(33)34)22-16-37-25(28-22)23-8-5-13-36-23/h2-13,16,20-21,25,28,30H,14-15H2,1H3,(H,27,31)(H,29,32)(H,33,34)/p-1/t20-,21-,25?/m0/s1. The molecule has 10 nitrogen and oxygen atoms in total. The lowest BCUT2D eigenvalue weighted by atomic mass is 10.0. The number of furan rings is 1. The first-order chi connectivity index (χ1) is 18.4. The van der Waals surface area contributed by atoms with Gasteiger partial charge in [0, 0.05) is 29.1 Å². The van der Waals surface area contributed by atoms with Crippen LogP contribution in [0.4, 0.5) is 10.5 Å². The van der Waals surface area contributed by atoms with E-state index in [1.807, 2.05) is 47.9 Å². The van der Waals surface area contributed by atoms with E-state index in [-0.39, 0.29) is 17.7 Å². The normalized spacial score (nSPS) is 16.9. The number of ether oxygens (including phenoxy) is 1. The smallest absolute Gasteiger partial charge is 0.407 e. The van der Waals surface area contributed by atoms with Crippen LogP contribution in [0.5, 0.6) is 0 Å². The van der Waals surface area contributed by atoms with Gasteiger partial charge in [0.1, 0.15) is 17.2 Å². The van der Waals surface area contributed by atoms with E-state index in [9.17, 15) is 18.4 Å². The maximum atomic E-state index is 13.5. The molecule has 1 aliphatic rings. The van der Waals surface area contributed by atoms with Gasteiger partial charge in [0.2, 0.25) is 5.91 Å². The fraction of sp³-hybridized carbons (Fsp3) is 0.231. The summed E-state index contributed by atoms with van der Waals surface area (Å²) in [5.41, 5.74) is 2.96. The Morgan fingerprint density at radius 2 is 1.79 bits per heavy atom. The van der Waals surface area contributed by atoms with E-state index >= 15 is 0 Å². The summed E-state index contributed by atoms with van der Waals surface area (Å²) in [6.45, 7) is 0. The molecular weight excluding hydrogens is 528 g/mol. The van der Waals surface area contributed by atoms with E-state index in [4.69, 9.17) is 9.15 Å². The van der Waals surface area contributed by atoms with Crippen LogP contribution < -0.4 is 20.7 Å². The Bertz CT molecular complexity index is 1270. The monoisotopic (exact) mass is 555 g/mol. The third kappa shape index (κ3) is 7.63. The van der Waals surface area contributed by atoms with Crippen molar-refractivity contribution < 1.29 is 27.5 Å². The largest absolute Gasteiger partial charge is 0.755 e. The number of methoxy groups -OCH3 is 1. The topological polar surface area (TPSA) is 145 Å². The Morgan fingerprint density at radius 1 is 1.05 bits per heavy atom. The van der Waals surface area contributed by atoms with Gasteiger partial charge >= 0.3 is 6.09 Å². The molecule has 1 aliphatic heterocycles. The molecule has 2 aromatic carbocycles. The van der Waals surface area contributed by atoms with Crippen LogP contribution >= 0.6 is 11.8 Å². The summed E-state index contributed by atoms with van der Waals surface area (Å²) >= 11 is -0.901. The highest BCUT2D eigenvalue weighted by Crippen LogP contribution is 2.35. The van der Waals surface area contributed by atoms with Gasteiger partial charge < -0.3 is 34.4 Å². The number of hydrogen-bond acceptors (Lipinski definition) is 8. The molecule has 3 aromatic rings. The van der Waals surface area contributed by atoms with Gasteiger partial charge in [-0.05, 0) is 47.2 Å². The van der Waals surface area contributed by atoms with Crippen LogP contribution in [0.15, 0.2) is 88.5 Å². The van der Waals surface area contributed by atoms with Gasteiger partial charge in [-0.3, -0.25) is 9.00 Å². The number of rotatable bonds is 11. The molecule has 0 saturated carbocycles. The third-order valence-electron chi connectivity index (χ3n) is 5.79. The molecule has 4 atom stereocenters. The SMILES string of the molecule is COC(=O)N[C@@H](Cc1ccccc1)C(=O)N[C@@H](Cc1ccc(NS(=O)[O-])cc1)C1=CSC(c2ccco2)N1. The zero-order chi connectivity index (χ0) is 26.9. The van der Waals surface area contributed by atoms with Crippen molar-refractivity contribution in [3.8, 4) is 0 Å². The highest BCUT2D eigenvalue weighted by Gasteiger charge is 2.30. The molecule has 1 aromatic heterocycles. The lowest BCUT2D eigenvalue weighted by Gasteiger charge is -2.25. The number of nitrogens with one attached hydrogen (secondary N) is 4. The summed E-state index contributed by atoms with van der Waals surface area (Å²) in [6, 6.07) is 18.6. The predicted octanol–water partition coefficient (Wildman–Crippen LogP) is 3.36. The average molecular weight is 556 g/mol. The molecule has 0 radical (unpaired) electrons. The highest BCUT2D eigenvalue weighted by molar-refractivity contribution is 8.02. The molecule has 0 aliphatic carbocycles. The first-order valence-corrected chi connectivity index (χ1v) is 13.7. The van der Waals surface area contributed by atoms with Gasteiger partial charge in [0.25, 0.3) is 0 Å². The number of thioether (sulfide) groups is 1. The minimum atomic E-state index is -2.42. The number of benzene rings is 2. The molecule has 0 saturated heterocycles. The van der Waals surface area contributed by atoms with E-state index in [0.29, 0.717) is 12.1 Å².